The van der Waals surface area contributed by atoms with Crippen LogP contribution in [0.3, 0.4) is 0 Å². The molecule has 0 fully saturated rings. The number of halogens is 1. The van der Waals surface area contributed by atoms with E-state index < -0.39 is 5.41 Å². The monoisotopic (exact) mass is 267 g/mol. The van der Waals surface area contributed by atoms with Crippen molar-refractivity contribution in [2.45, 2.75) is 26.2 Å². The van der Waals surface area contributed by atoms with Crippen LogP contribution in [-0.2, 0) is 10.2 Å². The molecule has 1 unspecified atom stereocenters. The molecule has 0 radical (unpaired) electrons. The van der Waals surface area contributed by atoms with E-state index in [1.165, 1.54) is 0 Å². The molecule has 80 valence electrons. The van der Waals surface area contributed by atoms with Gasteiger partial charge in [-0.25, -0.2) is 0 Å². The van der Waals surface area contributed by atoms with Gasteiger partial charge in [0, 0.05) is 4.47 Å². The predicted molar refractivity (Wildman–Crippen MR) is 65.0 cm³/mol. The second kappa shape index (κ2) is 3.34. The number of para-hydroxylation sites is 1. The number of hydrogen-bond acceptors (Lipinski definition) is 1. The van der Waals surface area contributed by atoms with Crippen molar-refractivity contribution in [2.75, 3.05) is 5.32 Å². The van der Waals surface area contributed by atoms with Gasteiger partial charge in [-0.05, 0) is 40.4 Å². The third kappa shape index (κ3) is 1.33. The van der Waals surface area contributed by atoms with Crippen LogP contribution in [0.4, 0.5) is 5.69 Å². The molecule has 1 amide bonds. The summed E-state index contributed by atoms with van der Waals surface area (Å²) >= 11 is 3.46. The number of carbonyl (C=O) groups is 1. The highest BCUT2D eigenvalue weighted by Crippen LogP contribution is 2.45. The topological polar surface area (TPSA) is 29.1 Å². The van der Waals surface area contributed by atoms with Crippen LogP contribution in [0.15, 0.2) is 22.7 Å². The zero-order valence-electron chi connectivity index (χ0n) is 9.10. The van der Waals surface area contributed by atoms with E-state index in [1.54, 1.807) is 0 Å². The van der Waals surface area contributed by atoms with Crippen LogP contribution in [0, 0.1) is 5.92 Å². The van der Waals surface area contributed by atoms with E-state index in [0.29, 0.717) is 0 Å². The van der Waals surface area contributed by atoms with E-state index in [2.05, 4.69) is 35.1 Å². The molecule has 1 heterocycles. The molecule has 0 saturated heterocycles. The smallest absolute Gasteiger partial charge is 0.235 e. The Balaban J connectivity index is 2.65. The lowest BCUT2D eigenvalue weighted by Gasteiger charge is -2.26. The van der Waals surface area contributed by atoms with Gasteiger partial charge in [0.15, 0.2) is 0 Å². The number of rotatable bonds is 1. The number of nitrogens with one attached hydrogen (secondary N) is 1. The maximum atomic E-state index is 12.0. The first kappa shape index (κ1) is 10.7. The van der Waals surface area contributed by atoms with Crippen molar-refractivity contribution in [2.24, 2.45) is 5.92 Å². The fourth-order valence-corrected chi connectivity index (χ4v) is 2.49. The van der Waals surface area contributed by atoms with E-state index in [4.69, 9.17) is 0 Å². The first-order valence-corrected chi connectivity index (χ1v) is 5.87. The van der Waals surface area contributed by atoms with Gasteiger partial charge in [-0.15, -0.1) is 0 Å². The fourth-order valence-electron chi connectivity index (χ4n) is 2.02. The van der Waals surface area contributed by atoms with Crippen molar-refractivity contribution < 1.29 is 4.79 Å². The maximum Gasteiger partial charge on any atom is 0.235 e. The number of anilines is 1. The van der Waals surface area contributed by atoms with Crippen LogP contribution in [0.1, 0.15) is 26.3 Å². The minimum Gasteiger partial charge on any atom is -0.324 e. The van der Waals surface area contributed by atoms with Gasteiger partial charge in [-0.1, -0.05) is 26.0 Å². The summed E-state index contributed by atoms with van der Waals surface area (Å²) in [6.45, 7) is 6.16. The second-order valence-corrected chi connectivity index (χ2v) is 5.33. The summed E-state index contributed by atoms with van der Waals surface area (Å²) in [4.78, 5) is 12.0. The van der Waals surface area contributed by atoms with Gasteiger partial charge in [-0.2, -0.15) is 0 Å². The molecular weight excluding hydrogens is 254 g/mol. The fraction of sp³-hybridized carbons (Fsp3) is 0.417. The van der Waals surface area contributed by atoms with Gasteiger partial charge in [-0.3, -0.25) is 4.79 Å². The van der Waals surface area contributed by atoms with E-state index in [9.17, 15) is 4.79 Å². The third-order valence-electron chi connectivity index (χ3n) is 3.44. The summed E-state index contributed by atoms with van der Waals surface area (Å²) in [7, 11) is 0. The van der Waals surface area contributed by atoms with Gasteiger partial charge in [0.2, 0.25) is 5.91 Å². The van der Waals surface area contributed by atoms with E-state index in [0.717, 1.165) is 15.7 Å². The van der Waals surface area contributed by atoms with Crippen molar-refractivity contribution in [3.8, 4) is 0 Å². The molecule has 0 aliphatic carbocycles. The Morgan fingerprint density at radius 3 is 2.67 bits per heavy atom. The molecule has 1 aromatic carbocycles. The lowest BCUT2D eigenvalue weighted by atomic mass is 9.74. The molecule has 1 atom stereocenters. The van der Waals surface area contributed by atoms with Crippen LogP contribution < -0.4 is 5.32 Å². The molecule has 3 heteroatoms. The molecule has 2 nitrogen and oxygen atoms in total. The molecule has 2 rings (SSSR count). The van der Waals surface area contributed by atoms with Crippen molar-refractivity contribution in [1.82, 2.24) is 0 Å². The quantitative estimate of drug-likeness (QED) is 0.831. The SMILES string of the molecule is CC(C)C1(C)C(=O)Nc2c(Br)cccc21. The Kier molecular flexibility index (Phi) is 2.38. The summed E-state index contributed by atoms with van der Waals surface area (Å²) in [5, 5.41) is 2.95. The minimum atomic E-state index is -0.404. The van der Waals surface area contributed by atoms with Gasteiger partial charge < -0.3 is 5.32 Å². The van der Waals surface area contributed by atoms with Crippen molar-refractivity contribution in [1.29, 1.82) is 0 Å². The summed E-state index contributed by atoms with van der Waals surface area (Å²) in [6.07, 6.45) is 0. The largest absolute Gasteiger partial charge is 0.324 e. The highest BCUT2D eigenvalue weighted by Gasteiger charge is 2.45. The standard InChI is InChI=1S/C12H14BrNO/c1-7(2)12(3)8-5-4-6-9(13)10(8)14-11(12)15/h4-7H,1-3H3,(H,14,15). The number of benzene rings is 1. The highest BCUT2D eigenvalue weighted by atomic mass is 79.9. The van der Waals surface area contributed by atoms with Crippen molar-refractivity contribution >= 4 is 27.5 Å². The molecule has 0 saturated carbocycles. The molecule has 1 N–H and O–H groups in total. The van der Waals surface area contributed by atoms with Gasteiger partial charge >= 0.3 is 0 Å². The van der Waals surface area contributed by atoms with Gasteiger partial charge in [0.25, 0.3) is 0 Å². The maximum absolute atomic E-state index is 12.0. The van der Waals surface area contributed by atoms with Crippen molar-refractivity contribution in [3.05, 3.63) is 28.2 Å². The molecular formula is C12H14BrNO. The molecule has 15 heavy (non-hydrogen) atoms. The zero-order chi connectivity index (χ0) is 11.2. The van der Waals surface area contributed by atoms with E-state index in [1.807, 2.05) is 25.1 Å². The van der Waals surface area contributed by atoms with E-state index in [-0.39, 0.29) is 11.8 Å². The average molecular weight is 268 g/mol. The summed E-state index contributed by atoms with van der Waals surface area (Å²) in [6, 6.07) is 5.95. The summed E-state index contributed by atoms with van der Waals surface area (Å²) < 4.78 is 0.956. The normalized spacial score (nSPS) is 24.2. The molecule has 0 spiro atoms. The molecule has 1 aliphatic heterocycles. The first-order valence-electron chi connectivity index (χ1n) is 5.08. The third-order valence-corrected chi connectivity index (χ3v) is 4.10. The van der Waals surface area contributed by atoms with Crippen molar-refractivity contribution in [3.63, 3.8) is 0 Å². The first-order chi connectivity index (χ1) is 6.98. The Labute approximate surface area is 98.2 Å². The lowest BCUT2D eigenvalue weighted by molar-refractivity contribution is -0.121. The van der Waals surface area contributed by atoms with Gasteiger partial charge in [0.1, 0.15) is 0 Å². The Bertz CT molecular complexity index is 428. The Morgan fingerprint density at radius 1 is 1.40 bits per heavy atom. The van der Waals surface area contributed by atoms with Crippen LogP contribution in [0.5, 0.6) is 0 Å². The van der Waals surface area contributed by atoms with Gasteiger partial charge in [0.05, 0.1) is 11.1 Å². The molecule has 1 aromatic rings. The summed E-state index contributed by atoms with van der Waals surface area (Å²) in [5.74, 6) is 0.382. The molecule has 0 aromatic heterocycles. The number of hydrogen-bond donors (Lipinski definition) is 1. The Morgan fingerprint density at radius 2 is 2.07 bits per heavy atom. The minimum absolute atomic E-state index is 0.0967. The average Bonchev–Trinajstić information content (AvgIpc) is 2.44. The number of amides is 1. The van der Waals surface area contributed by atoms with Crippen LogP contribution in [-0.4, -0.2) is 5.91 Å². The summed E-state index contributed by atoms with van der Waals surface area (Å²) in [5.41, 5.74) is 1.62. The molecule has 0 bridgehead atoms. The second-order valence-electron chi connectivity index (χ2n) is 4.47. The van der Waals surface area contributed by atoms with Crippen LogP contribution in [0.2, 0.25) is 0 Å². The van der Waals surface area contributed by atoms with E-state index >= 15 is 0 Å². The van der Waals surface area contributed by atoms with Crippen LogP contribution >= 0.6 is 15.9 Å². The number of fused-ring (bicyclic) bond motifs is 1. The molecule has 1 aliphatic rings. The zero-order valence-corrected chi connectivity index (χ0v) is 10.7. The lowest BCUT2D eigenvalue weighted by Crippen LogP contribution is -2.36. The number of carbonyl (C=O) groups excluding carboxylic acids is 1. The predicted octanol–water partition coefficient (Wildman–Crippen LogP) is 3.31. The highest BCUT2D eigenvalue weighted by molar-refractivity contribution is 9.10. The van der Waals surface area contributed by atoms with Crippen LogP contribution in [0.25, 0.3) is 0 Å². The Hall–Kier alpha value is -0.830.